The van der Waals surface area contributed by atoms with Crippen LogP contribution in [0.2, 0.25) is 0 Å². The van der Waals surface area contributed by atoms with Crippen molar-refractivity contribution in [3.63, 3.8) is 0 Å². The number of benzene rings is 1. The molecule has 1 aromatic carbocycles. The Morgan fingerprint density at radius 1 is 1.10 bits per heavy atom. The standard InChI is InChI=1S/C16H16BrN3O/c1-3-15-19-16-13(8-9-14(17)18-16)20(15)10-11-4-6-12(21-2)7-5-11/h4-9H,3,10H2,1-2H3. The lowest BCUT2D eigenvalue weighted by atomic mass is 10.2. The highest BCUT2D eigenvalue weighted by molar-refractivity contribution is 9.10. The molecule has 0 saturated carbocycles. The Hall–Kier alpha value is -1.88. The zero-order valence-electron chi connectivity index (χ0n) is 12.0. The summed E-state index contributed by atoms with van der Waals surface area (Å²) in [5.74, 6) is 1.92. The van der Waals surface area contributed by atoms with Gasteiger partial charge in [-0.1, -0.05) is 19.1 Å². The first-order valence-corrected chi connectivity index (χ1v) is 7.65. The molecule has 108 valence electrons. The Balaban J connectivity index is 2.01. The highest BCUT2D eigenvalue weighted by Gasteiger charge is 2.11. The molecule has 2 aromatic heterocycles. The number of aromatic nitrogens is 3. The SMILES string of the molecule is CCc1nc2nc(Br)ccc2n1Cc1ccc(OC)cc1. The molecule has 0 N–H and O–H groups in total. The van der Waals surface area contributed by atoms with Gasteiger partial charge in [0.05, 0.1) is 12.6 Å². The van der Waals surface area contributed by atoms with Gasteiger partial charge in [0.15, 0.2) is 5.65 Å². The van der Waals surface area contributed by atoms with Crippen molar-refractivity contribution in [1.29, 1.82) is 0 Å². The summed E-state index contributed by atoms with van der Waals surface area (Å²) in [6.07, 6.45) is 0.879. The molecule has 0 aliphatic carbocycles. The van der Waals surface area contributed by atoms with Gasteiger partial charge in [-0.25, -0.2) is 9.97 Å². The maximum absolute atomic E-state index is 5.20. The molecule has 0 radical (unpaired) electrons. The van der Waals surface area contributed by atoms with Crippen molar-refractivity contribution in [2.75, 3.05) is 7.11 Å². The van der Waals surface area contributed by atoms with E-state index in [0.717, 1.165) is 40.3 Å². The molecule has 0 fully saturated rings. The van der Waals surface area contributed by atoms with Gasteiger partial charge in [0.25, 0.3) is 0 Å². The summed E-state index contributed by atoms with van der Waals surface area (Å²) in [5.41, 5.74) is 3.06. The number of fused-ring (bicyclic) bond motifs is 1. The number of pyridine rings is 1. The molecule has 3 aromatic rings. The average molecular weight is 346 g/mol. The van der Waals surface area contributed by atoms with Gasteiger partial charge >= 0.3 is 0 Å². The molecular weight excluding hydrogens is 330 g/mol. The predicted molar refractivity (Wildman–Crippen MR) is 86.7 cm³/mol. The normalized spacial score (nSPS) is 11.0. The number of ether oxygens (including phenoxy) is 1. The third-order valence-corrected chi connectivity index (χ3v) is 3.92. The lowest BCUT2D eigenvalue weighted by molar-refractivity contribution is 0.414. The Morgan fingerprint density at radius 2 is 1.86 bits per heavy atom. The van der Waals surface area contributed by atoms with Crippen molar-refractivity contribution in [3.8, 4) is 5.75 Å². The van der Waals surface area contributed by atoms with Crippen LogP contribution in [0, 0.1) is 0 Å². The van der Waals surface area contributed by atoms with Gasteiger partial charge in [-0.15, -0.1) is 0 Å². The van der Waals surface area contributed by atoms with Gasteiger partial charge in [0.1, 0.15) is 16.2 Å². The minimum Gasteiger partial charge on any atom is -0.497 e. The second kappa shape index (κ2) is 5.85. The summed E-state index contributed by atoms with van der Waals surface area (Å²) in [6.45, 7) is 2.90. The second-order valence-corrected chi connectivity index (χ2v) is 5.60. The van der Waals surface area contributed by atoms with Crippen molar-refractivity contribution in [3.05, 3.63) is 52.4 Å². The number of hydrogen-bond donors (Lipinski definition) is 0. The summed E-state index contributed by atoms with van der Waals surface area (Å²) in [5, 5.41) is 0. The molecule has 0 aliphatic heterocycles. The van der Waals surface area contributed by atoms with Crippen LogP contribution in [0.25, 0.3) is 11.2 Å². The lowest BCUT2D eigenvalue weighted by Gasteiger charge is -2.09. The number of halogens is 1. The van der Waals surface area contributed by atoms with Crippen LogP contribution in [0.4, 0.5) is 0 Å². The quantitative estimate of drug-likeness (QED) is 0.675. The molecule has 0 saturated heterocycles. The van der Waals surface area contributed by atoms with E-state index in [1.165, 1.54) is 5.56 Å². The monoisotopic (exact) mass is 345 g/mol. The minimum atomic E-state index is 0.785. The maximum atomic E-state index is 5.20. The van der Waals surface area contributed by atoms with Gasteiger partial charge in [0, 0.05) is 13.0 Å². The van der Waals surface area contributed by atoms with E-state index in [1.807, 2.05) is 18.2 Å². The van der Waals surface area contributed by atoms with Crippen molar-refractivity contribution in [1.82, 2.24) is 14.5 Å². The van der Waals surface area contributed by atoms with E-state index in [2.05, 4.69) is 55.6 Å². The zero-order chi connectivity index (χ0) is 14.8. The van der Waals surface area contributed by atoms with Crippen molar-refractivity contribution in [2.45, 2.75) is 19.9 Å². The number of imidazole rings is 1. The van der Waals surface area contributed by atoms with E-state index in [4.69, 9.17) is 4.74 Å². The van der Waals surface area contributed by atoms with Crippen molar-refractivity contribution >= 4 is 27.1 Å². The van der Waals surface area contributed by atoms with Gasteiger partial charge in [0.2, 0.25) is 0 Å². The first kappa shape index (κ1) is 14.1. The smallest absolute Gasteiger partial charge is 0.179 e. The molecule has 0 unspecified atom stereocenters. The van der Waals surface area contributed by atoms with Gasteiger partial charge < -0.3 is 9.30 Å². The summed E-state index contributed by atoms with van der Waals surface area (Å²) < 4.78 is 8.23. The molecule has 2 heterocycles. The lowest BCUT2D eigenvalue weighted by Crippen LogP contribution is -2.04. The average Bonchev–Trinajstić information content (AvgIpc) is 2.85. The van der Waals surface area contributed by atoms with Crippen LogP contribution in [0.1, 0.15) is 18.3 Å². The summed E-state index contributed by atoms with van der Waals surface area (Å²) in [7, 11) is 1.68. The van der Waals surface area contributed by atoms with Gasteiger partial charge in [-0.2, -0.15) is 0 Å². The van der Waals surface area contributed by atoms with Crippen LogP contribution in [-0.4, -0.2) is 21.6 Å². The van der Waals surface area contributed by atoms with Crippen LogP contribution in [-0.2, 0) is 13.0 Å². The molecule has 4 nitrogen and oxygen atoms in total. The first-order chi connectivity index (χ1) is 10.2. The summed E-state index contributed by atoms with van der Waals surface area (Å²) >= 11 is 3.40. The Kier molecular flexibility index (Phi) is 3.92. The fourth-order valence-corrected chi connectivity index (χ4v) is 2.69. The van der Waals surface area contributed by atoms with E-state index < -0.39 is 0 Å². The van der Waals surface area contributed by atoms with Crippen molar-refractivity contribution in [2.24, 2.45) is 0 Å². The Labute approximate surface area is 131 Å². The largest absolute Gasteiger partial charge is 0.497 e. The topological polar surface area (TPSA) is 39.9 Å². The van der Waals surface area contributed by atoms with Crippen LogP contribution in [0.15, 0.2) is 41.0 Å². The highest BCUT2D eigenvalue weighted by Crippen LogP contribution is 2.20. The third kappa shape index (κ3) is 2.78. The first-order valence-electron chi connectivity index (χ1n) is 6.86. The fourth-order valence-electron chi connectivity index (χ4n) is 2.39. The van der Waals surface area contributed by atoms with E-state index in [9.17, 15) is 0 Å². The second-order valence-electron chi connectivity index (χ2n) is 4.79. The molecule has 0 spiro atoms. The zero-order valence-corrected chi connectivity index (χ0v) is 13.6. The number of methoxy groups -OCH3 is 1. The summed E-state index contributed by atoms with van der Waals surface area (Å²) in [4.78, 5) is 9.06. The van der Waals surface area contributed by atoms with E-state index in [1.54, 1.807) is 7.11 Å². The van der Waals surface area contributed by atoms with E-state index in [0.29, 0.717) is 0 Å². The van der Waals surface area contributed by atoms with Crippen LogP contribution >= 0.6 is 15.9 Å². The van der Waals surface area contributed by atoms with Crippen LogP contribution in [0.3, 0.4) is 0 Å². The fraction of sp³-hybridized carbons (Fsp3) is 0.250. The molecule has 0 bridgehead atoms. The Bertz CT molecular complexity index is 765. The van der Waals surface area contributed by atoms with Crippen molar-refractivity contribution < 1.29 is 4.74 Å². The van der Waals surface area contributed by atoms with E-state index in [-0.39, 0.29) is 0 Å². The van der Waals surface area contributed by atoms with Crippen LogP contribution in [0.5, 0.6) is 5.75 Å². The molecule has 0 atom stereocenters. The predicted octanol–water partition coefficient (Wildman–Crippen LogP) is 3.81. The van der Waals surface area contributed by atoms with Crippen LogP contribution < -0.4 is 4.74 Å². The Morgan fingerprint density at radius 3 is 2.52 bits per heavy atom. The molecule has 3 rings (SSSR count). The van der Waals surface area contributed by atoms with Gasteiger partial charge in [-0.3, -0.25) is 0 Å². The third-order valence-electron chi connectivity index (χ3n) is 3.47. The molecule has 21 heavy (non-hydrogen) atoms. The number of aryl methyl sites for hydroxylation is 1. The highest BCUT2D eigenvalue weighted by atomic mass is 79.9. The number of hydrogen-bond acceptors (Lipinski definition) is 3. The minimum absolute atomic E-state index is 0.785. The molecular formula is C16H16BrN3O. The molecule has 0 amide bonds. The summed E-state index contributed by atoms with van der Waals surface area (Å²) in [6, 6.07) is 12.1. The number of nitrogens with zero attached hydrogens (tertiary/aromatic N) is 3. The molecule has 5 heteroatoms. The van der Waals surface area contributed by atoms with Gasteiger partial charge in [-0.05, 0) is 45.8 Å². The maximum Gasteiger partial charge on any atom is 0.179 e. The molecule has 0 aliphatic rings. The van der Waals surface area contributed by atoms with E-state index >= 15 is 0 Å². The number of rotatable bonds is 4.